The summed E-state index contributed by atoms with van der Waals surface area (Å²) in [4.78, 5) is 44.6. The summed E-state index contributed by atoms with van der Waals surface area (Å²) in [5, 5.41) is 1.86. The van der Waals surface area contributed by atoms with Crippen molar-refractivity contribution in [2.75, 3.05) is 25.1 Å². The lowest BCUT2D eigenvalue weighted by molar-refractivity contribution is -0.189. The van der Waals surface area contributed by atoms with Crippen molar-refractivity contribution in [2.24, 2.45) is 16.7 Å². The van der Waals surface area contributed by atoms with Crippen LogP contribution in [0, 0.1) is 16.7 Å². The minimum Gasteiger partial charge on any atom is -0.465 e. The Morgan fingerprint density at radius 3 is 2.23 bits per heavy atom. The van der Waals surface area contributed by atoms with E-state index < -0.39 is 22.8 Å². The molecule has 1 saturated heterocycles. The number of hydrogen-bond donors (Lipinski definition) is 0. The van der Waals surface area contributed by atoms with Crippen LogP contribution in [0.5, 0.6) is 0 Å². The fourth-order valence-corrected chi connectivity index (χ4v) is 4.68. The fraction of sp³-hybridized carbons (Fsp3) is 0.591. The number of rotatable bonds is 10. The predicted octanol–water partition coefficient (Wildman–Crippen LogP) is 3.50. The first-order valence-corrected chi connectivity index (χ1v) is 11.2. The summed E-state index contributed by atoms with van der Waals surface area (Å²) < 4.78 is 10.3. The molecule has 2 atom stereocenters. The maximum Gasteiger partial charge on any atom is 0.323 e. The van der Waals surface area contributed by atoms with Gasteiger partial charge >= 0.3 is 11.9 Å². The second kappa shape index (κ2) is 10.4. The number of esters is 2. The first-order valence-electron chi connectivity index (χ1n) is 10.1. The number of carbonyl (C=O) groups is 3. The Morgan fingerprint density at radius 1 is 1.17 bits per heavy atom. The number of hydrogen-bond acceptors (Lipinski definition) is 6. The van der Waals surface area contributed by atoms with Crippen molar-refractivity contribution >= 4 is 33.8 Å². The third-order valence-corrected chi connectivity index (χ3v) is 6.37. The monoisotopic (exact) mass is 483 g/mol. The van der Waals surface area contributed by atoms with Crippen molar-refractivity contribution in [3.05, 3.63) is 35.9 Å². The molecule has 0 radical (unpaired) electrons. The van der Waals surface area contributed by atoms with Crippen molar-refractivity contribution in [3.63, 3.8) is 0 Å². The molecule has 0 unspecified atom stereocenters. The molecule has 1 aromatic rings. The summed E-state index contributed by atoms with van der Waals surface area (Å²) in [5.74, 6) is -1.80. The van der Waals surface area contributed by atoms with Crippen LogP contribution >= 0.6 is 15.9 Å². The van der Waals surface area contributed by atoms with Gasteiger partial charge in [0.15, 0.2) is 5.41 Å². The lowest BCUT2D eigenvalue weighted by Crippen LogP contribution is -2.47. The molecule has 0 saturated carbocycles. The zero-order valence-corrected chi connectivity index (χ0v) is 19.6. The Balaban J connectivity index is 2.25. The van der Waals surface area contributed by atoms with Gasteiger partial charge in [-0.1, -0.05) is 53.2 Å². The molecule has 2 rings (SSSR count). The number of nitrogens with zero attached hydrogens (tertiary/aromatic N) is 1. The van der Waals surface area contributed by atoms with Crippen molar-refractivity contribution < 1.29 is 28.7 Å². The first-order chi connectivity index (χ1) is 14.2. The second-order valence-electron chi connectivity index (χ2n) is 7.84. The molecule has 0 bridgehead atoms. The van der Waals surface area contributed by atoms with Crippen LogP contribution in [0.1, 0.15) is 39.7 Å². The van der Waals surface area contributed by atoms with E-state index in [-0.39, 0.29) is 38.1 Å². The molecular formula is C22H30BrNO6. The van der Waals surface area contributed by atoms with E-state index in [0.717, 1.165) is 5.56 Å². The number of hydroxylamine groups is 2. The molecule has 30 heavy (non-hydrogen) atoms. The van der Waals surface area contributed by atoms with E-state index in [1.54, 1.807) is 20.8 Å². The van der Waals surface area contributed by atoms with Crippen molar-refractivity contribution in [1.29, 1.82) is 0 Å². The Hall–Kier alpha value is -1.93. The molecule has 0 aliphatic carbocycles. The molecule has 0 aromatic heterocycles. The van der Waals surface area contributed by atoms with Gasteiger partial charge in [0, 0.05) is 11.2 Å². The van der Waals surface area contributed by atoms with Crippen LogP contribution in [0.4, 0.5) is 0 Å². The zero-order valence-electron chi connectivity index (χ0n) is 18.0. The predicted molar refractivity (Wildman–Crippen MR) is 114 cm³/mol. The van der Waals surface area contributed by atoms with E-state index in [1.165, 1.54) is 12.0 Å². The van der Waals surface area contributed by atoms with Gasteiger partial charge in [0.05, 0.1) is 25.2 Å². The molecule has 1 heterocycles. The van der Waals surface area contributed by atoms with Gasteiger partial charge in [-0.3, -0.25) is 19.2 Å². The first kappa shape index (κ1) is 24.3. The van der Waals surface area contributed by atoms with Gasteiger partial charge in [0.1, 0.15) is 6.61 Å². The lowest BCUT2D eigenvalue weighted by Gasteiger charge is -2.35. The molecular weight excluding hydrogens is 454 g/mol. The SMILES string of the molecule is CCOC(=O)C(C)(C[C@]1(C)C(=O)N(OCc2ccccc2)C[C@H]1CBr)C(=O)OCC. The van der Waals surface area contributed by atoms with Crippen LogP contribution < -0.4 is 0 Å². The Bertz CT molecular complexity index is 737. The summed E-state index contributed by atoms with van der Waals surface area (Å²) in [5.41, 5.74) is -1.65. The van der Waals surface area contributed by atoms with Crippen LogP contribution in [0.25, 0.3) is 0 Å². The molecule has 166 valence electrons. The van der Waals surface area contributed by atoms with E-state index in [1.807, 2.05) is 30.3 Å². The molecule has 0 N–H and O–H groups in total. The Labute approximate surface area is 186 Å². The number of amides is 1. The van der Waals surface area contributed by atoms with Crippen LogP contribution in [0.3, 0.4) is 0 Å². The quantitative estimate of drug-likeness (QED) is 0.287. The maximum atomic E-state index is 13.3. The van der Waals surface area contributed by atoms with E-state index in [0.29, 0.717) is 11.9 Å². The Kier molecular flexibility index (Phi) is 8.43. The Morgan fingerprint density at radius 2 is 1.73 bits per heavy atom. The normalized spacial score (nSPS) is 21.6. The van der Waals surface area contributed by atoms with Gasteiger partial charge in [-0.2, -0.15) is 0 Å². The van der Waals surface area contributed by atoms with Gasteiger partial charge in [-0.05, 0) is 32.8 Å². The molecule has 1 amide bonds. The highest BCUT2D eigenvalue weighted by Crippen LogP contribution is 2.47. The number of alkyl halides is 1. The average Bonchev–Trinajstić information content (AvgIpc) is 2.97. The third-order valence-electron chi connectivity index (χ3n) is 5.59. The highest BCUT2D eigenvalue weighted by Gasteiger charge is 2.58. The maximum absolute atomic E-state index is 13.3. The molecule has 1 aromatic carbocycles. The summed E-state index contributed by atoms with van der Waals surface area (Å²) in [6, 6.07) is 9.55. The van der Waals surface area contributed by atoms with E-state index in [2.05, 4.69) is 15.9 Å². The van der Waals surface area contributed by atoms with Crippen LogP contribution in [-0.2, 0) is 35.3 Å². The molecule has 1 aliphatic heterocycles. The fourth-order valence-electron chi connectivity index (χ4n) is 3.76. The summed E-state index contributed by atoms with van der Waals surface area (Å²) in [6.07, 6.45) is -0.0298. The third kappa shape index (κ3) is 5.03. The van der Waals surface area contributed by atoms with Crippen LogP contribution in [0.15, 0.2) is 30.3 Å². The van der Waals surface area contributed by atoms with E-state index in [9.17, 15) is 14.4 Å². The van der Waals surface area contributed by atoms with Crippen LogP contribution in [0.2, 0.25) is 0 Å². The standard InChI is InChI=1S/C22H30BrNO6/c1-5-28-19(26)22(4,20(27)29-6-2)15-21(3)17(12-23)13-24(18(21)25)30-14-16-10-8-7-9-11-16/h7-11,17H,5-6,12-15H2,1-4H3/t17-,21+/m1/s1. The van der Waals surface area contributed by atoms with Crippen molar-refractivity contribution in [3.8, 4) is 0 Å². The highest BCUT2D eigenvalue weighted by molar-refractivity contribution is 9.09. The van der Waals surface area contributed by atoms with Gasteiger partial charge in [-0.25, -0.2) is 5.06 Å². The zero-order chi connectivity index (χ0) is 22.4. The van der Waals surface area contributed by atoms with Crippen LogP contribution in [-0.4, -0.2) is 48.0 Å². The van der Waals surface area contributed by atoms with Crippen molar-refractivity contribution in [2.45, 2.75) is 40.7 Å². The summed E-state index contributed by atoms with van der Waals surface area (Å²) in [6.45, 7) is 7.47. The number of ether oxygens (including phenoxy) is 2. The second-order valence-corrected chi connectivity index (χ2v) is 8.49. The molecule has 7 nitrogen and oxygen atoms in total. The van der Waals surface area contributed by atoms with E-state index >= 15 is 0 Å². The smallest absolute Gasteiger partial charge is 0.323 e. The molecule has 1 fully saturated rings. The summed E-state index contributed by atoms with van der Waals surface area (Å²) in [7, 11) is 0. The summed E-state index contributed by atoms with van der Waals surface area (Å²) >= 11 is 3.48. The van der Waals surface area contributed by atoms with Crippen molar-refractivity contribution in [1.82, 2.24) is 5.06 Å². The number of carbonyl (C=O) groups excluding carboxylic acids is 3. The topological polar surface area (TPSA) is 82.1 Å². The minimum absolute atomic E-state index is 0.0298. The van der Waals surface area contributed by atoms with E-state index in [4.69, 9.17) is 14.3 Å². The number of benzene rings is 1. The molecule has 1 aliphatic rings. The van der Waals surface area contributed by atoms with Gasteiger partial charge in [0.25, 0.3) is 5.91 Å². The van der Waals surface area contributed by atoms with Gasteiger partial charge in [0.2, 0.25) is 0 Å². The average molecular weight is 484 g/mol. The highest BCUT2D eigenvalue weighted by atomic mass is 79.9. The van der Waals surface area contributed by atoms with Gasteiger partial charge in [-0.15, -0.1) is 0 Å². The lowest BCUT2D eigenvalue weighted by atomic mass is 9.68. The number of halogens is 1. The minimum atomic E-state index is -1.59. The molecule has 0 spiro atoms. The van der Waals surface area contributed by atoms with Gasteiger partial charge < -0.3 is 9.47 Å². The molecule has 8 heteroatoms. The largest absolute Gasteiger partial charge is 0.465 e.